The summed E-state index contributed by atoms with van der Waals surface area (Å²) in [6, 6.07) is 6.38. The fraction of sp³-hybridized carbons (Fsp3) is 0.111. The zero-order valence-corrected chi connectivity index (χ0v) is 7.78. The van der Waals surface area contributed by atoms with Crippen LogP contribution in [0, 0.1) is 10.1 Å². The van der Waals surface area contributed by atoms with Gasteiger partial charge in [-0.25, -0.2) is 0 Å². The Hall–Kier alpha value is -1.29. The molecule has 1 aromatic carbocycles. The predicted octanol–water partition coefficient (Wildman–Crippen LogP) is 2.54. The topological polar surface area (TPSA) is 43.1 Å². The highest BCUT2D eigenvalue weighted by molar-refractivity contribution is 7.80. The van der Waals surface area contributed by atoms with E-state index < -0.39 is 4.92 Å². The standard InChI is InChI=1S/C9H9NO2S/c11-10(12)9-5-3-8(4-6-9)2-1-7-13/h1-6,13H,7H2. The van der Waals surface area contributed by atoms with E-state index >= 15 is 0 Å². The summed E-state index contributed by atoms with van der Waals surface area (Å²) >= 11 is 4.01. The minimum absolute atomic E-state index is 0.114. The molecule has 4 heteroatoms. The van der Waals surface area contributed by atoms with Gasteiger partial charge in [0.15, 0.2) is 0 Å². The Balaban J connectivity index is 2.81. The summed E-state index contributed by atoms with van der Waals surface area (Å²) in [5.74, 6) is 0.664. The van der Waals surface area contributed by atoms with Crippen molar-refractivity contribution in [2.45, 2.75) is 0 Å². The smallest absolute Gasteiger partial charge is 0.258 e. The Kier molecular flexibility index (Phi) is 3.52. The summed E-state index contributed by atoms with van der Waals surface area (Å²) in [6.07, 6.45) is 3.75. The molecule has 1 rings (SSSR count). The Morgan fingerprint density at radius 3 is 2.46 bits per heavy atom. The Bertz CT molecular complexity index is 319. The third-order valence-electron chi connectivity index (χ3n) is 1.52. The molecule has 0 aromatic heterocycles. The molecule has 0 heterocycles. The van der Waals surface area contributed by atoms with Crippen molar-refractivity contribution in [3.8, 4) is 0 Å². The molecule has 0 aliphatic rings. The predicted molar refractivity (Wildman–Crippen MR) is 56.0 cm³/mol. The third kappa shape index (κ3) is 2.91. The molecule has 3 nitrogen and oxygen atoms in total. The van der Waals surface area contributed by atoms with Crippen LogP contribution in [-0.2, 0) is 0 Å². The van der Waals surface area contributed by atoms with Gasteiger partial charge in [-0.15, -0.1) is 0 Å². The minimum Gasteiger partial charge on any atom is -0.258 e. The summed E-state index contributed by atoms with van der Waals surface area (Å²) in [6.45, 7) is 0. The molecular formula is C9H9NO2S. The van der Waals surface area contributed by atoms with E-state index in [0.29, 0.717) is 5.75 Å². The van der Waals surface area contributed by atoms with E-state index in [9.17, 15) is 10.1 Å². The van der Waals surface area contributed by atoms with Crippen molar-refractivity contribution in [1.82, 2.24) is 0 Å². The van der Waals surface area contributed by atoms with Crippen molar-refractivity contribution in [3.05, 3.63) is 46.0 Å². The van der Waals surface area contributed by atoms with E-state index in [-0.39, 0.29) is 5.69 Å². The van der Waals surface area contributed by atoms with Gasteiger partial charge in [0.2, 0.25) is 0 Å². The number of rotatable bonds is 3. The molecule has 0 fully saturated rings. The molecule has 0 atom stereocenters. The van der Waals surface area contributed by atoms with Crippen LogP contribution in [0.5, 0.6) is 0 Å². The number of thiol groups is 1. The molecule has 0 aliphatic carbocycles. The summed E-state index contributed by atoms with van der Waals surface area (Å²) < 4.78 is 0. The SMILES string of the molecule is O=[N+]([O-])c1ccc(C=CCS)cc1. The molecule has 68 valence electrons. The van der Waals surface area contributed by atoms with Crippen LogP contribution in [0.4, 0.5) is 5.69 Å². The molecule has 0 saturated carbocycles. The highest BCUT2D eigenvalue weighted by Crippen LogP contribution is 2.12. The van der Waals surface area contributed by atoms with E-state index in [1.165, 1.54) is 12.1 Å². The minimum atomic E-state index is -0.411. The molecule has 0 bridgehead atoms. The van der Waals surface area contributed by atoms with E-state index in [4.69, 9.17) is 0 Å². The lowest BCUT2D eigenvalue weighted by molar-refractivity contribution is -0.384. The molecule has 1 aromatic rings. The van der Waals surface area contributed by atoms with Gasteiger partial charge >= 0.3 is 0 Å². The van der Waals surface area contributed by atoms with Crippen LogP contribution in [-0.4, -0.2) is 10.7 Å². The molecule has 0 saturated heterocycles. The maximum absolute atomic E-state index is 10.3. The van der Waals surface area contributed by atoms with Crippen LogP contribution in [0.2, 0.25) is 0 Å². The van der Waals surface area contributed by atoms with Gasteiger partial charge < -0.3 is 0 Å². The highest BCUT2D eigenvalue weighted by Gasteiger charge is 2.01. The maximum Gasteiger partial charge on any atom is 0.269 e. The van der Waals surface area contributed by atoms with Gasteiger partial charge in [-0.2, -0.15) is 12.6 Å². The van der Waals surface area contributed by atoms with Gasteiger partial charge in [0.1, 0.15) is 0 Å². The fourth-order valence-electron chi connectivity index (χ4n) is 0.896. The van der Waals surface area contributed by atoms with E-state index in [1.807, 2.05) is 12.2 Å². The molecule has 0 aliphatic heterocycles. The lowest BCUT2D eigenvalue weighted by Gasteiger charge is -1.92. The second-order valence-corrected chi connectivity index (χ2v) is 2.80. The Morgan fingerprint density at radius 1 is 1.38 bits per heavy atom. The first-order valence-electron chi connectivity index (χ1n) is 3.76. The lowest BCUT2D eigenvalue weighted by atomic mass is 10.2. The van der Waals surface area contributed by atoms with E-state index in [2.05, 4.69) is 12.6 Å². The zero-order valence-electron chi connectivity index (χ0n) is 6.88. The van der Waals surface area contributed by atoms with Crippen molar-refractivity contribution >= 4 is 24.4 Å². The Labute approximate surface area is 81.6 Å². The normalized spacial score (nSPS) is 10.5. The third-order valence-corrected chi connectivity index (χ3v) is 1.73. The van der Waals surface area contributed by atoms with Crippen molar-refractivity contribution in [1.29, 1.82) is 0 Å². The number of nitro benzene ring substituents is 1. The molecule has 0 spiro atoms. The molecule has 0 N–H and O–H groups in total. The van der Waals surface area contributed by atoms with Crippen LogP contribution in [0.25, 0.3) is 6.08 Å². The van der Waals surface area contributed by atoms with Crippen molar-refractivity contribution in [2.24, 2.45) is 0 Å². The number of nitro groups is 1. The molecule has 13 heavy (non-hydrogen) atoms. The maximum atomic E-state index is 10.3. The monoisotopic (exact) mass is 195 g/mol. The fourth-order valence-corrected chi connectivity index (χ4v) is 1.00. The van der Waals surface area contributed by atoms with Crippen LogP contribution < -0.4 is 0 Å². The Morgan fingerprint density at radius 2 is 2.00 bits per heavy atom. The first kappa shape index (κ1) is 9.80. The van der Waals surface area contributed by atoms with Gasteiger partial charge in [0, 0.05) is 17.9 Å². The first-order valence-corrected chi connectivity index (χ1v) is 4.39. The first-order chi connectivity index (χ1) is 6.24. The van der Waals surface area contributed by atoms with Crippen LogP contribution in [0.15, 0.2) is 30.3 Å². The summed E-state index contributed by atoms with van der Waals surface area (Å²) in [4.78, 5) is 9.89. The molecule has 0 radical (unpaired) electrons. The van der Waals surface area contributed by atoms with Gasteiger partial charge in [-0.1, -0.05) is 12.2 Å². The quantitative estimate of drug-likeness (QED) is 0.457. The lowest BCUT2D eigenvalue weighted by Crippen LogP contribution is -1.86. The number of non-ortho nitro benzene ring substituents is 1. The summed E-state index contributed by atoms with van der Waals surface area (Å²) in [7, 11) is 0. The number of hydrogen-bond donors (Lipinski definition) is 1. The van der Waals surface area contributed by atoms with E-state index in [0.717, 1.165) is 5.56 Å². The van der Waals surface area contributed by atoms with E-state index in [1.54, 1.807) is 12.1 Å². The highest BCUT2D eigenvalue weighted by atomic mass is 32.1. The van der Waals surface area contributed by atoms with Crippen molar-refractivity contribution < 1.29 is 4.92 Å². The zero-order chi connectivity index (χ0) is 9.68. The van der Waals surface area contributed by atoms with Gasteiger partial charge in [-0.3, -0.25) is 10.1 Å². The van der Waals surface area contributed by atoms with Crippen LogP contribution >= 0.6 is 12.6 Å². The van der Waals surface area contributed by atoms with Crippen LogP contribution in [0.1, 0.15) is 5.56 Å². The summed E-state index contributed by atoms with van der Waals surface area (Å²) in [5, 5.41) is 10.3. The second-order valence-electron chi connectivity index (χ2n) is 2.43. The largest absolute Gasteiger partial charge is 0.269 e. The van der Waals surface area contributed by atoms with Gasteiger partial charge in [0.25, 0.3) is 5.69 Å². The molecule has 0 amide bonds. The second kappa shape index (κ2) is 4.67. The van der Waals surface area contributed by atoms with Crippen LogP contribution in [0.3, 0.4) is 0 Å². The average molecular weight is 195 g/mol. The molecular weight excluding hydrogens is 186 g/mol. The average Bonchev–Trinajstić information content (AvgIpc) is 2.15. The number of benzene rings is 1. The van der Waals surface area contributed by atoms with Gasteiger partial charge in [0.05, 0.1) is 4.92 Å². The molecule has 0 unspecified atom stereocenters. The van der Waals surface area contributed by atoms with Crippen molar-refractivity contribution in [3.63, 3.8) is 0 Å². The number of nitrogens with zero attached hydrogens (tertiary/aromatic N) is 1. The summed E-state index contributed by atoms with van der Waals surface area (Å²) in [5.41, 5.74) is 1.06. The van der Waals surface area contributed by atoms with Gasteiger partial charge in [-0.05, 0) is 17.7 Å². The number of hydrogen-bond acceptors (Lipinski definition) is 3. The van der Waals surface area contributed by atoms with Crippen molar-refractivity contribution in [2.75, 3.05) is 5.75 Å².